The molecule has 17 nitrogen and oxygen atoms in total. The molecule has 4 amide bonds. The van der Waals surface area contributed by atoms with Gasteiger partial charge in [-0.25, -0.2) is 14.4 Å². The number of carbonyl (C=O) groups is 7. The van der Waals surface area contributed by atoms with Gasteiger partial charge in [0.05, 0.1) is 42.9 Å². The van der Waals surface area contributed by atoms with Crippen molar-refractivity contribution in [1.29, 1.82) is 0 Å². The molecule has 1 aliphatic rings. The van der Waals surface area contributed by atoms with Crippen LogP contribution in [0.15, 0.2) is 60.7 Å². The van der Waals surface area contributed by atoms with E-state index >= 15 is 0 Å². The molecule has 0 aliphatic carbocycles. The van der Waals surface area contributed by atoms with E-state index in [4.69, 9.17) is 23.7 Å². The lowest BCUT2D eigenvalue weighted by atomic mass is 9.83. The van der Waals surface area contributed by atoms with Gasteiger partial charge in [-0.05, 0) is 53.6 Å². The average molecular weight is 1070 g/mol. The van der Waals surface area contributed by atoms with Crippen LogP contribution in [0.2, 0.25) is 0 Å². The van der Waals surface area contributed by atoms with Gasteiger partial charge in [-0.1, -0.05) is 150 Å². The summed E-state index contributed by atoms with van der Waals surface area (Å²) < 4.78 is 28.9. The molecule has 17 heteroatoms. The Labute approximate surface area is 453 Å². The zero-order chi connectivity index (χ0) is 57.1. The number of rotatable bonds is 30. The maximum atomic E-state index is 14.8. The highest BCUT2D eigenvalue weighted by Gasteiger charge is 2.44. The number of Topliss-reactive ketones (excluding diaryl/α,β-unsaturated/α-hetero) is 2. The number of amides is 4. The molecule has 0 radical (unpaired) electrons. The largest absolute Gasteiger partial charge is 0.445 e. The van der Waals surface area contributed by atoms with Crippen LogP contribution in [0.5, 0.6) is 0 Å². The Morgan fingerprint density at radius 1 is 0.711 bits per heavy atom. The Bertz CT molecular complexity index is 2160. The first-order chi connectivity index (χ1) is 35.8. The number of alkyl carbamates (subject to hydrolysis) is 1. The van der Waals surface area contributed by atoms with Crippen LogP contribution in [0.1, 0.15) is 139 Å². The van der Waals surface area contributed by atoms with E-state index in [-0.39, 0.29) is 73.0 Å². The summed E-state index contributed by atoms with van der Waals surface area (Å²) in [7, 11) is 6.19. The van der Waals surface area contributed by atoms with E-state index in [0.717, 1.165) is 17.5 Å². The Hall–Kier alpha value is -5.39. The van der Waals surface area contributed by atoms with Crippen molar-refractivity contribution in [1.82, 2.24) is 20.0 Å². The number of ether oxygens (including phenoxy) is 5. The summed E-state index contributed by atoms with van der Waals surface area (Å²) in [6, 6.07) is 15.2. The summed E-state index contributed by atoms with van der Waals surface area (Å²) in [5.74, 6) is -5.26. The monoisotopic (exact) mass is 1060 g/mol. The van der Waals surface area contributed by atoms with Crippen LogP contribution < -0.4 is 5.32 Å². The zero-order valence-corrected chi connectivity index (χ0v) is 48.4. The molecule has 3 rings (SSSR count). The van der Waals surface area contributed by atoms with Crippen molar-refractivity contribution in [2.45, 2.75) is 177 Å². The van der Waals surface area contributed by atoms with Crippen molar-refractivity contribution >= 4 is 41.5 Å². The molecular weight excluding hydrogens is 973 g/mol. The number of nitrogens with zero attached hydrogens (tertiary/aromatic N) is 3. The smallest absolute Gasteiger partial charge is 0.413 e. The fourth-order valence-electron chi connectivity index (χ4n) is 10.3. The number of hydrogen-bond acceptors (Lipinski definition) is 13. The van der Waals surface area contributed by atoms with E-state index in [1.165, 1.54) is 19.1 Å². The first kappa shape index (κ1) is 64.9. The SMILES string of the molecule is CC[C@H](C)C([C@@H](CC(=O)N1CCC[C@H]1[C@H](OC)[C@@H](C)C(=O)C[C@H](C)[C@@H](O)c1ccccc1)OC)N(C)C(=O)[C@@H](CC(=O)[C@H](C(C)C)N(C)C(=O)OC(OC(=O)[C@@H](NC(=O)OCc1ccccc1)C(C)C)C(C)C)C(C)C. The number of carbonyl (C=O) groups excluding carboxylic acids is 7. The quantitative estimate of drug-likeness (QED) is 0.0554. The van der Waals surface area contributed by atoms with Crippen molar-refractivity contribution in [2.24, 2.45) is 47.3 Å². The van der Waals surface area contributed by atoms with E-state index in [1.807, 2.05) is 90.1 Å². The fourth-order valence-corrected chi connectivity index (χ4v) is 10.3. The van der Waals surface area contributed by atoms with Crippen LogP contribution in [-0.4, -0.2) is 139 Å². The molecule has 426 valence electrons. The van der Waals surface area contributed by atoms with Gasteiger partial charge in [0.1, 0.15) is 18.4 Å². The number of hydrogen-bond donors (Lipinski definition) is 2. The summed E-state index contributed by atoms with van der Waals surface area (Å²) in [6.45, 7) is 22.3. The van der Waals surface area contributed by atoms with Gasteiger partial charge in [0.15, 0.2) is 5.78 Å². The van der Waals surface area contributed by atoms with Crippen LogP contribution in [0.25, 0.3) is 0 Å². The zero-order valence-electron chi connectivity index (χ0n) is 48.4. The number of likely N-dealkylation sites (N-methyl/N-ethyl adjacent to an activating group) is 2. The summed E-state index contributed by atoms with van der Waals surface area (Å²) >= 11 is 0. The van der Waals surface area contributed by atoms with Crippen LogP contribution >= 0.6 is 0 Å². The van der Waals surface area contributed by atoms with Gasteiger partial charge in [-0.3, -0.25) is 19.2 Å². The Balaban J connectivity index is 1.75. The molecular formula is C59H92N4O13. The maximum absolute atomic E-state index is 14.8. The molecule has 76 heavy (non-hydrogen) atoms. The number of esters is 1. The van der Waals surface area contributed by atoms with E-state index in [2.05, 4.69) is 5.32 Å². The lowest BCUT2D eigenvalue weighted by molar-refractivity contribution is -0.180. The van der Waals surface area contributed by atoms with Gasteiger partial charge in [-0.15, -0.1) is 0 Å². The molecule has 1 saturated heterocycles. The van der Waals surface area contributed by atoms with Gasteiger partial charge in [-0.2, -0.15) is 0 Å². The lowest BCUT2D eigenvalue weighted by Gasteiger charge is -2.41. The third-order valence-electron chi connectivity index (χ3n) is 15.2. The standard InChI is InChI=1S/C59H92N4O13/c1-17-39(10)52(48(72-15)33-49(66)63-30-24-29-45(63)54(73-16)41(12)46(64)31-40(11)53(67)43-27-22-19-23-28-43)61(13)55(68)44(35(2)3)32-47(65)51(37(6)7)62(14)59(71)76-57(38(8)9)75-56(69)50(36(4)5)60-58(70)74-34-42-25-20-18-21-26-42/h18-23,25-28,35-41,44-45,48,50-54,57,67H,17,24,29-34H2,1-16H3,(H,60,70)/t39-,40-,41-,44-,45-,48+,50-,51-,52?,53+,54+,57?/m0/s1. The average Bonchev–Trinajstić information content (AvgIpc) is 3.87. The van der Waals surface area contributed by atoms with E-state index < -0.39 is 90.5 Å². The Kier molecular flexibility index (Phi) is 26.6. The van der Waals surface area contributed by atoms with Gasteiger partial charge in [0.2, 0.25) is 11.8 Å². The summed E-state index contributed by atoms with van der Waals surface area (Å²) in [5.41, 5.74) is 1.51. The summed E-state index contributed by atoms with van der Waals surface area (Å²) in [6.07, 6.45) is -3.34. The van der Waals surface area contributed by atoms with Crippen molar-refractivity contribution in [3.63, 3.8) is 0 Å². The second-order valence-corrected chi connectivity index (χ2v) is 22.3. The minimum absolute atomic E-state index is 0.00793. The molecule has 2 unspecified atom stereocenters. The van der Waals surface area contributed by atoms with Crippen LogP contribution in [-0.2, 0) is 54.3 Å². The highest BCUT2D eigenvalue weighted by molar-refractivity contribution is 5.92. The topological polar surface area (TPSA) is 208 Å². The van der Waals surface area contributed by atoms with Gasteiger partial charge >= 0.3 is 18.2 Å². The lowest BCUT2D eigenvalue weighted by Crippen LogP contribution is -2.54. The minimum Gasteiger partial charge on any atom is -0.445 e. The number of aliphatic hydroxyl groups excluding tert-OH is 1. The fraction of sp³-hybridized carbons (Fsp3) is 0.678. The number of benzene rings is 2. The van der Waals surface area contributed by atoms with Crippen LogP contribution in [0, 0.1) is 47.3 Å². The van der Waals surface area contributed by atoms with Gasteiger partial charge in [0.25, 0.3) is 6.29 Å². The molecule has 0 spiro atoms. The maximum Gasteiger partial charge on any atom is 0.413 e. The molecule has 2 N–H and O–H groups in total. The molecule has 1 fully saturated rings. The third-order valence-corrected chi connectivity index (χ3v) is 15.2. The molecule has 1 aliphatic heterocycles. The molecule has 0 saturated carbocycles. The number of likely N-dealkylation sites (tertiary alicyclic amines) is 1. The van der Waals surface area contributed by atoms with E-state index in [9.17, 15) is 38.7 Å². The molecule has 12 atom stereocenters. The molecule has 0 aromatic heterocycles. The number of aliphatic hydroxyl groups is 1. The predicted molar refractivity (Wildman–Crippen MR) is 290 cm³/mol. The van der Waals surface area contributed by atoms with Gasteiger partial charge in [0, 0.05) is 65.5 Å². The normalized spacial score (nSPS) is 18.1. The summed E-state index contributed by atoms with van der Waals surface area (Å²) in [4.78, 5) is 102. The predicted octanol–water partition coefficient (Wildman–Crippen LogP) is 9.04. The van der Waals surface area contributed by atoms with Crippen molar-refractivity contribution in [2.75, 3.05) is 34.9 Å². The highest BCUT2D eigenvalue weighted by Crippen LogP contribution is 2.33. The first-order valence-corrected chi connectivity index (χ1v) is 27.3. The van der Waals surface area contributed by atoms with E-state index in [1.54, 1.807) is 77.6 Å². The molecule has 1 heterocycles. The molecule has 2 aromatic carbocycles. The Morgan fingerprint density at radius 3 is 1.84 bits per heavy atom. The number of ketones is 2. The number of nitrogens with one attached hydrogen (secondary N) is 1. The Morgan fingerprint density at radius 2 is 1.32 bits per heavy atom. The molecule has 2 aromatic rings. The second kappa shape index (κ2) is 31.1. The number of methoxy groups -OCH3 is 2. The first-order valence-electron chi connectivity index (χ1n) is 27.3. The third kappa shape index (κ3) is 18.1. The van der Waals surface area contributed by atoms with Gasteiger partial charge < -0.3 is 48.8 Å². The van der Waals surface area contributed by atoms with E-state index in [0.29, 0.717) is 19.4 Å². The summed E-state index contributed by atoms with van der Waals surface area (Å²) in [5, 5.41) is 13.6. The van der Waals surface area contributed by atoms with Crippen molar-refractivity contribution in [3.8, 4) is 0 Å². The van der Waals surface area contributed by atoms with Crippen LogP contribution in [0.3, 0.4) is 0 Å². The molecule has 0 bridgehead atoms. The van der Waals surface area contributed by atoms with Crippen molar-refractivity contribution in [3.05, 3.63) is 71.8 Å². The highest BCUT2D eigenvalue weighted by atomic mass is 16.7. The van der Waals surface area contributed by atoms with Crippen molar-refractivity contribution < 1.29 is 62.4 Å². The second-order valence-electron chi connectivity index (χ2n) is 22.3. The van der Waals surface area contributed by atoms with Crippen LogP contribution in [0.4, 0.5) is 9.59 Å². The minimum atomic E-state index is -1.38.